The van der Waals surface area contributed by atoms with E-state index in [1.54, 1.807) is 24.3 Å². The fraction of sp³-hybridized carbons (Fsp3) is 0.294. The molecule has 0 radical (unpaired) electrons. The fourth-order valence-corrected chi connectivity index (χ4v) is 5.45. The highest BCUT2D eigenvalue weighted by atomic mass is 16.7. The number of aromatic carboxylic acids is 2. The van der Waals surface area contributed by atoms with E-state index in [2.05, 4.69) is 4.98 Å². The molecule has 0 bridgehead atoms. The molecule has 0 aliphatic rings. The van der Waals surface area contributed by atoms with Crippen molar-refractivity contribution in [3.8, 4) is 51.4 Å². The minimum absolute atomic E-state index is 0.00375. The zero-order valence-electron chi connectivity index (χ0n) is 27.1. The summed E-state index contributed by atoms with van der Waals surface area (Å²) in [5, 5.41) is 20.7. The Kier molecular flexibility index (Phi) is 11.1. The SMILES string of the molecule is COCOc1cc(OC)c(OC)cc1-c1c(C(=O)O)[nH]c(C(=O)O)c1CC(c1ccc(OC)c(OC)c1)c1ccc(OC)c(OC)c1. The normalized spacial score (nSPS) is 10.8. The van der Waals surface area contributed by atoms with Gasteiger partial charge in [-0.25, -0.2) is 9.59 Å². The van der Waals surface area contributed by atoms with Gasteiger partial charge in [-0.1, -0.05) is 12.1 Å². The van der Waals surface area contributed by atoms with Gasteiger partial charge >= 0.3 is 11.9 Å². The van der Waals surface area contributed by atoms with E-state index in [0.717, 1.165) is 11.1 Å². The van der Waals surface area contributed by atoms with Crippen LogP contribution in [0.5, 0.6) is 40.2 Å². The number of hydrogen-bond donors (Lipinski definition) is 3. The van der Waals surface area contributed by atoms with Crippen molar-refractivity contribution in [3.05, 3.63) is 76.6 Å². The van der Waals surface area contributed by atoms with E-state index >= 15 is 0 Å². The molecule has 13 nitrogen and oxygen atoms in total. The quantitative estimate of drug-likeness (QED) is 0.131. The minimum Gasteiger partial charge on any atom is -0.493 e. The first kappa shape index (κ1) is 34.3. The molecule has 3 aromatic carbocycles. The zero-order chi connectivity index (χ0) is 34.2. The standard InChI is InChI=1S/C34H37NO12/c1-40-17-47-25-16-29(46-7)28(45-6)15-21(25)30-22(31(33(36)37)35-32(30)34(38)39)14-20(18-8-10-23(41-2)26(12-18)43-4)19-9-11-24(42-3)27(13-19)44-5/h8-13,15-16,20,35H,14,17H2,1-7H3,(H,36,37)(H,38,39). The van der Waals surface area contributed by atoms with Crippen LogP contribution in [0.2, 0.25) is 0 Å². The van der Waals surface area contributed by atoms with Crippen molar-refractivity contribution in [1.82, 2.24) is 4.98 Å². The van der Waals surface area contributed by atoms with Crippen LogP contribution in [0, 0.1) is 0 Å². The molecule has 1 heterocycles. The highest BCUT2D eigenvalue weighted by Gasteiger charge is 2.32. The Hall–Kier alpha value is -5.56. The third kappa shape index (κ3) is 6.99. The maximum Gasteiger partial charge on any atom is 0.352 e. The van der Waals surface area contributed by atoms with Gasteiger partial charge in [0.05, 0.1) is 42.7 Å². The second-order valence-corrected chi connectivity index (χ2v) is 10.1. The van der Waals surface area contributed by atoms with Gasteiger partial charge in [-0.15, -0.1) is 0 Å². The van der Waals surface area contributed by atoms with Crippen molar-refractivity contribution >= 4 is 11.9 Å². The molecule has 3 N–H and O–H groups in total. The first-order chi connectivity index (χ1) is 22.6. The fourth-order valence-electron chi connectivity index (χ4n) is 5.45. The number of benzene rings is 3. The molecule has 0 fully saturated rings. The molecule has 4 aromatic rings. The molecule has 13 heteroatoms. The van der Waals surface area contributed by atoms with Crippen molar-refractivity contribution in [2.75, 3.05) is 56.6 Å². The number of ether oxygens (including phenoxy) is 8. The Morgan fingerprint density at radius 2 is 1.09 bits per heavy atom. The smallest absolute Gasteiger partial charge is 0.352 e. The van der Waals surface area contributed by atoms with Crippen LogP contribution in [0.1, 0.15) is 43.6 Å². The van der Waals surface area contributed by atoms with Gasteiger partial charge < -0.3 is 53.1 Å². The van der Waals surface area contributed by atoms with Crippen LogP contribution in [-0.2, 0) is 11.2 Å². The van der Waals surface area contributed by atoms with Gasteiger partial charge in [0.15, 0.2) is 41.3 Å². The summed E-state index contributed by atoms with van der Waals surface area (Å²) in [5.41, 5.74) is 1.30. The number of hydrogen-bond acceptors (Lipinski definition) is 10. The van der Waals surface area contributed by atoms with Gasteiger partial charge in [-0.2, -0.15) is 0 Å². The van der Waals surface area contributed by atoms with E-state index < -0.39 is 17.9 Å². The van der Waals surface area contributed by atoms with E-state index in [1.165, 1.54) is 61.9 Å². The Morgan fingerprint density at radius 1 is 0.617 bits per heavy atom. The summed E-state index contributed by atoms with van der Waals surface area (Å²) in [6, 6.07) is 13.8. The van der Waals surface area contributed by atoms with E-state index in [4.69, 9.17) is 37.9 Å². The summed E-state index contributed by atoms with van der Waals surface area (Å²) < 4.78 is 44.0. The molecule has 0 saturated carbocycles. The molecular formula is C34H37NO12. The largest absolute Gasteiger partial charge is 0.493 e. The topological polar surface area (TPSA) is 164 Å². The Labute approximate surface area is 271 Å². The number of aromatic nitrogens is 1. The summed E-state index contributed by atoms with van der Waals surface area (Å²) >= 11 is 0. The molecule has 0 atom stereocenters. The summed E-state index contributed by atoms with van der Waals surface area (Å²) in [6.45, 7) is -0.184. The van der Waals surface area contributed by atoms with Crippen LogP contribution in [0.4, 0.5) is 0 Å². The van der Waals surface area contributed by atoms with Gasteiger partial charge in [-0.05, 0) is 53.4 Å². The van der Waals surface area contributed by atoms with Gasteiger partial charge in [0.1, 0.15) is 17.1 Å². The molecule has 4 rings (SSSR count). The Bertz CT molecular complexity index is 1690. The molecule has 250 valence electrons. The van der Waals surface area contributed by atoms with Gasteiger partial charge in [-0.3, -0.25) is 0 Å². The lowest BCUT2D eigenvalue weighted by Gasteiger charge is -2.22. The van der Waals surface area contributed by atoms with Crippen molar-refractivity contribution < 1.29 is 57.7 Å². The average molecular weight is 652 g/mol. The van der Waals surface area contributed by atoms with Crippen LogP contribution in [0.3, 0.4) is 0 Å². The molecule has 0 amide bonds. The van der Waals surface area contributed by atoms with E-state index in [-0.39, 0.29) is 52.8 Å². The van der Waals surface area contributed by atoms with Gasteiger partial charge in [0.25, 0.3) is 0 Å². The minimum atomic E-state index is -1.38. The van der Waals surface area contributed by atoms with Crippen LogP contribution >= 0.6 is 0 Å². The van der Waals surface area contributed by atoms with Crippen LogP contribution in [-0.4, -0.2) is 83.7 Å². The summed E-state index contributed by atoms with van der Waals surface area (Å²) in [7, 11) is 10.4. The first-order valence-electron chi connectivity index (χ1n) is 14.2. The molecule has 0 unspecified atom stereocenters. The number of carboxylic acid groups (broad SMARTS) is 2. The Morgan fingerprint density at radius 3 is 1.53 bits per heavy atom. The number of rotatable bonds is 16. The number of methoxy groups -OCH3 is 7. The maximum absolute atomic E-state index is 12.8. The first-order valence-corrected chi connectivity index (χ1v) is 14.2. The third-order valence-electron chi connectivity index (χ3n) is 7.65. The third-order valence-corrected chi connectivity index (χ3v) is 7.65. The lowest BCUT2D eigenvalue weighted by molar-refractivity contribution is 0.0513. The van der Waals surface area contributed by atoms with Crippen LogP contribution < -0.4 is 33.2 Å². The van der Waals surface area contributed by atoms with E-state index in [1.807, 2.05) is 12.1 Å². The monoisotopic (exact) mass is 651 g/mol. The molecular weight excluding hydrogens is 614 g/mol. The molecule has 0 spiro atoms. The van der Waals surface area contributed by atoms with Crippen molar-refractivity contribution in [1.29, 1.82) is 0 Å². The summed E-state index contributed by atoms with van der Waals surface area (Å²) in [4.78, 5) is 28.1. The maximum atomic E-state index is 12.8. The number of carboxylic acids is 2. The number of nitrogens with one attached hydrogen (secondary N) is 1. The second kappa shape index (κ2) is 15.1. The predicted molar refractivity (Wildman–Crippen MR) is 170 cm³/mol. The van der Waals surface area contributed by atoms with Crippen LogP contribution in [0.25, 0.3) is 11.1 Å². The highest BCUT2D eigenvalue weighted by Crippen LogP contribution is 2.46. The summed E-state index contributed by atoms with van der Waals surface area (Å²) in [5.74, 6) is -0.655. The predicted octanol–water partition coefficient (Wildman–Crippen LogP) is 5.49. The van der Waals surface area contributed by atoms with Crippen molar-refractivity contribution in [3.63, 3.8) is 0 Å². The molecule has 0 aliphatic heterocycles. The lowest BCUT2D eigenvalue weighted by Crippen LogP contribution is -2.11. The zero-order valence-corrected chi connectivity index (χ0v) is 27.1. The number of H-pyrrole nitrogens is 1. The number of aromatic amines is 1. The van der Waals surface area contributed by atoms with Crippen molar-refractivity contribution in [2.24, 2.45) is 0 Å². The van der Waals surface area contributed by atoms with Crippen molar-refractivity contribution in [2.45, 2.75) is 12.3 Å². The highest BCUT2D eigenvalue weighted by molar-refractivity contribution is 6.02. The lowest BCUT2D eigenvalue weighted by atomic mass is 9.83. The van der Waals surface area contributed by atoms with Gasteiger partial charge in [0.2, 0.25) is 0 Å². The second-order valence-electron chi connectivity index (χ2n) is 10.1. The molecule has 47 heavy (non-hydrogen) atoms. The Balaban J connectivity index is 2.07. The average Bonchev–Trinajstić information content (AvgIpc) is 3.48. The van der Waals surface area contributed by atoms with E-state index in [0.29, 0.717) is 28.7 Å². The van der Waals surface area contributed by atoms with Crippen LogP contribution in [0.15, 0.2) is 48.5 Å². The number of carbonyl (C=O) groups is 2. The van der Waals surface area contributed by atoms with E-state index in [9.17, 15) is 19.8 Å². The van der Waals surface area contributed by atoms with Gasteiger partial charge in [0, 0.05) is 30.2 Å². The molecule has 0 saturated heterocycles. The molecule has 1 aromatic heterocycles. The summed E-state index contributed by atoms with van der Waals surface area (Å²) in [6.07, 6.45) is 0.00375. The molecule has 0 aliphatic carbocycles.